The van der Waals surface area contributed by atoms with E-state index in [2.05, 4.69) is 115 Å². The van der Waals surface area contributed by atoms with E-state index in [1.54, 1.807) is 0 Å². The van der Waals surface area contributed by atoms with Gasteiger partial charge in [0.25, 0.3) is 0 Å². The van der Waals surface area contributed by atoms with Crippen LogP contribution in [-0.2, 0) is 0 Å². The number of hydrogen-bond acceptors (Lipinski definition) is 1. The molecule has 0 spiro atoms. The quantitative estimate of drug-likeness (QED) is 0.177. The monoisotopic (exact) mass is 627 g/mol. The lowest BCUT2D eigenvalue weighted by atomic mass is 9.84. The third kappa shape index (κ3) is 4.47. The first kappa shape index (κ1) is 23.0. The maximum absolute atomic E-state index is 8.52. The maximum atomic E-state index is 8.52. The molecular formula is C48H30O. The van der Waals surface area contributed by atoms with Crippen LogP contribution in [0.5, 0.6) is 0 Å². The van der Waals surface area contributed by atoms with Gasteiger partial charge in [-0.05, 0) is 107 Å². The molecule has 10 aromatic rings. The Hall–Kier alpha value is -6.44. The van der Waals surface area contributed by atoms with Crippen LogP contribution < -0.4 is 0 Å². The van der Waals surface area contributed by atoms with Crippen LogP contribution in [0.4, 0.5) is 0 Å². The summed E-state index contributed by atoms with van der Waals surface area (Å²) >= 11 is 0. The van der Waals surface area contributed by atoms with Crippen molar-refractivity contribution in [2.24, 2.45) is 0 Å². The first-order valence-corrected chi connectivity index (χ1v) is 16.4. The standard InChI is InChI=1S/C48H30O/c1-3-13-31(14-4-1)33-17-11-18-36(27-33)46-38-19-7-9-21-40(38)47(41-22-10-8-20-39(41)46)42-23-12-24-44-48(42)43-29-35-26-25-34(32-15-5-2-6-16-32)28-37(35)30-45(43)49-44/h1-30H/i2D,5D,6D,15D,16D. The van der Waals surface area contributed by atoms with Crippen LogP contribution in [0.25, 0.3) is 98.8 Å². The molecule has 0 unspecified atom stereocenters. The van der Waals surface area contributed by atoms with Crippen molar-refractivity contribution >= 4 is 54.3 Å². The van der Waals surface area contributed by atoms with Crippen molar-refractivity contribution in [2.75, 3.05) is 0 Å². The Labute approximate surface area is 291 Å². The van der Waals surface area contributed by atoms with Gasteiger partial charge >= 0.3 is 0 Å². The normalized spacial score (nSPS) is 13.1. The van der Waals surface area contributed by atoms with Crippen LogP contribution in [-0.4, -0.2) is 0 Å². The van der Waals surface area contributed by atoms with E-state index in [1.807, 2.05) is 36.4 Å². The summed E-state index contributed by atoms with van der Waals surface area (Å²) < 4.78 is 48.0. The molecule has 0 bridgehead atoms. The summed E-state index contributed by atoms with van der Waals surface area (Å²) in [5.41, 5.74) is 9.18. The first-order chi connectivity index (χ1) is 26.4. The van der Waals surface area contributed by atoms with Crippen molar-refractivity contribution in [1.29, 1.82) is 0 Å². The molecule has 10 rings (SSSR count). The highest BCUT2D eigenvalue weighted by Crippen LogP contribution is 2.47. The zero-order chi connectivity index (χ0) is 36.7. The lowest BCUT2D eigenvalue weighted by molar-refractivity contribution is 0.669. The van der Waals surface area contributed by atoms with Gasteiger partial charge < -0.3 is 4.42 Å². The second-order valence-electron chi connectivity index (χ2n) is 12.5. The molecule has 1 heterocycles. The second kappa shape index (κ2) is 11.1. The zero-order valence-corrected chi connectivity index (χ0v) is 26.3. The van der Waals surface area contributed by atoms with Gasteiger partial charge in [0.15, 0.2) is 0 Å². The lowest BCUT2D eigenvalue weighted by Gasteiger charge is -2.18. The Morgan fingerprint density at radius 1 is 0.367 bits per heavy atom. The highest BCUT2D eigenvalue weighted by molar-refractivity contribution is 6.26. The maximum Gasteiger partial charge on any atom is 0.136 e. The summed E-state index contributed by atoms with van der Waals surface area (Å²) in [6, 6.07) is 51.2. The fourth-order valence-corrected chi connectivity index (χ4v) is 7.54. The van der Waals surface area contributed by atoms with Crippen molar-refractivity contribution in [1.82, 2.24) is 0 Å². The van der Waals surface area contributed by atoms with Gasteiger partial charge in [0.2, 0.25) is 0 Å². The van der Waals surface area contributed by atoms with E-state index in [4.69, 9.17) is 11.3 Å². The van der Waals surface area contributed by atoms with Crippen molar-refractivity contribution in [3.05, 3.63) is 182 Å². The van der Waals surface area contributed by atoms with Gasteiger partial charge in [-0.3, -0.25) is 0 Å². The van der Waals surface area contributed by atoms with E-state index in [9.17, 15) is 0 Å². The van der Waals surface area contributed by atoms with E-state index in [1.165, 1.54) is 27.5 Å². The molecule has 1 heteroatoms. The van der Waals surface area contributed by atoms with Crippen molar-refractivity contribution in [3.63, 3.8) is 0 Å². The molecule has 0 atom stereocenters. The molecule has 0 radical (unpaired) electrons. The molecule has 0 aliphatic carbocycles. The SMILES string of the molecule is [2H]c1c([2H])c([2H])c(-c2ccc3cc4c(cc3c2)oc2cccc(-c3c5ccccc5c(-c5cccc(-c6ccccc6)c5)c5ccccc35)c24)c([2H])c1[2H]. The summed E-state index contributed by atoms with van der Waals surface area (Å²) in [6.45, 7) is 0. The van der Waals surface area contributed by atoms with E-state index in [0.29, 0.717) is 11.1 Å². The van der Waals surface area contributed by atoms with E-state index >= 15 is 0 Å². The molecule has 9 aromatic carbocycles. The van der Waals surface area contributed by atoms with Crippen LogP contribution in [0.3, 0.4) is 0 Å². The predicted octanol–water partition coefficient (Wildman–Crippen LogP) is 13.7. The first-order valence-electron chi connectivity index (χ1n) is 18.9. The summed E-state index contributed by atoms with van der Waals surface area (Å²) in [6.07, 6.45) is 0. The minimum absolute atomic E-state index is 0.184. The van der Waals surface area contributed by atoms with Crippen molar-refractivity contribution in [2.45, 2.75) is 0 Å². The van der Waals surface area contributed by atoms with Crippen LogP contribution in [0.15, 0.2) is 186 Å². The molecule has 228 valence electrons. The molecule has 0 aliphatic rings. The van der Waals surface area contributed by atoms with Crippen LogP contribution in [0.2, 0.25) is 0 Å². The van der Waals surface area contributed by atoms with E-state index in [0.717, 1.165) is 54.6 Å². The number of benzene rings is 9. The average Bonchev–Trinajstić information content (AvgIpc) is 3.58. The van der Waals surface area contributed by atoms with Gasteiger partial charge in [-0.1, -0.05) is 152 Å². The zero-order valence-electron chi connectivity index (χ0n) is 31.3. The molecule has 1 aromatic heterocycles. The Kier molecular flexibility index (Phi) is 5.20. The van der Waals surface area contributed by atoms with Crippen molar-refractivity contribution < 1.29 is 11.3 Å². The average molecular weight is 628 g/mol. The highest BCUT2D eigenvalue weighted by atomic mass is 16.3. The summed E-state index contributed by atoms with van der Waals surface area (Å²) in [7, 11) is 0. The predicted molar refractivity (Wildman–Crippen MR) is 208 cm³/mol. The lowest BCUT2D eigenvalue weighted by Crippen LogP contribution is -1.91. The Balaban J connectivity index is 1.21. The topological polar surface area (TPSA) is 13.1 Å². The third-order valence-electron chi connectivity index (χ3n) is 9.70. The molecule has 0 saturated heterocycles. The van der Waals surface area contributed by atoms with Crippen LogP contribution in [0, 0.1) is 0 Å². The van der Waals surface area contributed by atoms with Gasteiger partial charge in [0.1, 0.15) is 11.2 Å². The third-order valence-corrected chi connectivity index (χ3v) is 9.70. The molecule has 1 nitrogen and oxygen atoms in total. The molecule has 0 N–H and O–H groups in total. The van der Waals surface area contributed by atoms with E-state index < -0.39 is 6.04 Å². The van der Waals surface area contributed by atoms with Gasteiger partial charge in [-0.2, -0.15) is 0 Å². The van der Waals surface area contributed by atoms with Crippen LogP contribution in [0.1, 0.15) is 6.85 Å². The highest BCUT2D eigenvalue weighted by Gasteiger charge is 2.20. The number of furan rings is 1. The van der Waals surface area contributed by atoms with Gasteiger partial charge in [0, 0.05) is 10.8 Å². The minimum atomic E-state index is -0.401. The second-order valence-corrected chi connectivity index (χ2v) is 12.5. The van der Waals surface area contributed by atoms with Crippen molar-refractivity contribution in [3.8, 4) is 44.5 Å². The number of rotatable bonds is 4. The van der Waals surface area contributed by atoms with Crippen LogP contribution >= 0.6 is 0 Å². The number of fused-ring (bicyclic) bond motifs is 6. The van der Waals surface area contributed by atoms with Gasteiger partial charge in [-0.15, -0.1) is 0 Å². The molecular weight excluding hydrogens is 593 g/mol. The molecule has 0 aliphatic heterocycles. The molecule has 0 amide bonds. The summed E-state index contributed by atoms with van der Waals surface area (Å²) in [4.78, 5) is 0. The summed E-state index contributed by atoms with van der Waals surface area (Å²) in [5, 5.41) is 8.47. The fourth-order valence-electron chi connectivity index (χ4n) is 7.54. The molecule has 0 saturated carbocycles. The molecule has 0 fully saturated rings. The van der Waals surface area contributed by atoms with E-state index in [-0.39, 0.29) is 29.7 Å². The fraction of sp³-hybridized carbons (Fsp3) is 0. The Bertz CT molecular complexity index is 3080. The number of hydrogen-bond donors (Lipinski definition) is 0. The molecule has 49 heavy (non-hydrogen) atoms. The Morgan fingerprint density at radius 2 is 1.00 bits per heavy atom. The van der Waals surface area contributed by atoms with Gasteiger partial charge in [-0.25, -0.2) is 0 Å². The Morgan fingerprint density at radius 3 is 1.76 bits per heavy atom. The summed E-state index contributed by atoms with van der Waals surface area (Å²) in [5.74, 6) is 0. The van der Waals surface area contributed by atoms with Gasteiger partial charge in [0.05, 0.1) is 6.85 Å². The minimum Gasteiger partial charge on any atom is -0.456 e. The largest absolute Gasteiger partial charge is 0.456 e. The smallest absolute Gasteiger partial charge is 0.136 e.